The summed E-state index contributed by atoms with van der Waals surface area (Å²) in [5, 5.41) is 45.3. The summed E-state index contributed by atoms with van der Waals surface area (Å²) in [4.78, 5) is 0.648. The van der Waals surface area contributed by atoms with Crippen LogP contribution in [0.5, 0.6) is 11.5 Å². The van der Waals surface area contributed by atoms with Gasteiger partial charge in [0.25, 0.3) is 9.05 Å². The quantitative estimate of drug-likeness (QED) is 0.0490. The first-order valence-electron chi connectivity index (χ1n) is 23.5. The van der Waals surface area contributed by atoms with Crippen LogP contribution in [-0.2, 0) is 29.1 Å². The van der Waals surface area contributed by atoms with Gasteiger partial charge in [-0.25, -0.2) is 34.7 Å². The molecule has 0 heterocycles. The van der Waals surface area contributed by atoms with E-state index < -0.39 is 36.2 Å². The number of nitrogens with two attached hydrogens (primary N) is 1. The predicted molar refractivity (Wildman–Crippen MR) is 292 cm³/mol. The van der Waals surface area contributed by atoms with Gasteiger partial charge in [-0.1, -0.05) is 68.3 Å². The van der Waals surface area contributed by atoms with E-state index in [9.17, 15) is 35.5 Å². The van der Waals surface area contributed by atoms with Crippen LogP contribution in [0.4, 0.5) is 0 Å². The molecule has 0 saturated heterocycles. The molecule has 3 saturated carbocycles. The van der Waals surface area contributed by atoms with Crippen molar-refractivity contribution in [3.63, 3.8) is 0 Å². The van der Waals surface area contributed by atoms with E-state index in [1.807, 2.05) is 24.3 Å². The van der Waals surface area contributed by atoms with Gasteiger partial charge in [0.05, 0.1) is 47.2 Å². The van der Waals surface area contributed by atoms with E-state index in [-0.39, 0.29) is 45.1 Å². The Kier molecular flexibility index (Phi) is 25.8. The van der Waals surface area contributed by atoms with Crippen molar-refractivity contribution < 1.29 is 60.1 Å². The molecule has 0 radical (unpaired) electrons. The monoisotopic (exact) mass is 1220 g/mol. The zero-order valence-electron chi connectivity index (χ0n) is 40.5. The van der Waals surface area contributed by atoms with E-state index in [1.54, 1.807) is 99.1 Å². The fourth-order valence-electron chi connectivity index (χ4n) is 7.66. The third-order valence-corrected chi connectivity index (χ3v) is 17.5. The molecule has 0 atom stereocenters. The van der Waals surface area contributed by atoms with Gasteiger partial charge in [-0.3, -0.25) is 0 Å². The summed E-state index contributed by atoms with van der Waals surface area (Å²) in [6.45, 7) is 0. The summed E-state index contributed by atoms with van der Waals surface area (Å²) in [6, 6.07) is 33.9. The third kappa shape index (κ3) is 22.3. The smallest absolute Gasteiger partial charge is 0.488 e. The first-order chi connectivity index (χ1) is 34.5. The maximum absolute atomic E-state index is 12.5. The molecule has 0 aliphatic heterocycles. The number of rotatable bonds is 11. The molecule has 9 N–H and O–H groups in total. The first-order valence-corrected chi connectivity index (χ1v) is 30.4. The Balaban J connectivity index is 0.000000211. The summed E-state index contributed by atoms with van der Waals surface area (Å²) in [7, 11) is -3.71. The second-order valence-electron chi connectivity index (χ2n) is 17.6. The number of aliphatic hydroxyl groups excluding tert-OH is 3. The summed E-state index contributed by atoms with van der Waals surface area (Å²) < 4.78 is 87.8. The molecule has 400 valence electrons. The Morgan fingerprint density at radius 2 is 0.795 bits per heavy atom. The number of nitrogens with one attached hydrogen (secondary N) is 2. The highest BCUT2D eigenvalue weighted by molar-refractivity contribution is 9.10. The average Bonchev–Trinajstić information content (AvgIpc) is 3.37. The molecular formula is C50H65BBr2ClN3O13S3. The topological polar surface area (TPSA) is 272 Å². The Morgan fingerprint density at radius 1 is 0.493 bits per heavy atom. The van der Waals surface area contributed by atoms with Crippen LogP contribution in [0.3, 0.4) is 0 Å². The van der Waals surface area contributed by atoms with Crippen molar-refractivity contribution in [1.29, 1.82) is 0 Å². The van der Waals surface area contributed by atoms with Gasteiger partial charge in [-0.2, -0.15) is 0 Å². The standard InChI is InChI=1S/C19H23NO4S.C12H16BrNO3S.C7H9BO3.C6H4BrClO2S.C6H13NO/c1-24-18-10-2-14(3-11-18)15-4-12-19(13-5-15)25(22,23)20-16-6-8-17(21)9-7-16;13-9-1-7-12(8-2-9)18(16,17)14-10-3-5-11(15)6-4-10;1-11-7-4-2-6(3-5-7)8(9)10;7-5-1-3-6(4-2-5)11(8,9)10;7-5-1-3-6(8)4-2-5/h2-5,10-13,16-17,20-21H,6-9H2,1H3;1-2,7-8,10-11,14-15H,3-6H2;2-5,9-10H,1H3;1-4H;5-6,8H,1-4,7H2. The minimum atomic E-state index is -3.57. The molecule has 0 unspecified atom stereocenters. The maximum atomic E-state index is 12.5. The highest BCUT2D eigenvalue weighted by Gasteiger charge is 2.26. The number of sulfonamides is 2. The molecule has 5 aromatic rings. The van der Waals surface area contributed by atoms with E-state index in [4.69, 9.17) is 41.0 Å². The van der Waals surface area contributed by atoms with E-state index in [1.165, 1.54) is 12.1 Å². The average molecular weight is 1220 g/mol. The van der Waals surface area contributed by atoms with Crippen molar-refractivity contribution >= 4 is 84.2 Å². The van der Waals surface area contributed by atoms with Gasteiger partial charge in [0, 0.05) is 37.8 Å². The van der Waals surface area contributed by atoms with Crippen LogP contribution in [0.15, 0.2) is 145 Å². The fourth-order valence-corrected chi connectivity index (χ4v) is 11.6. The molecule has 3 aliphatic rings. The Bertz CT molecular complexity index is 2720. The largest absolute Gasteiger partial charge is 0.497 e. The van der Waals surface area contributed by atoms with Crippen LogP contribution in [-0.4, -0.2) is 108 Å². The fraction of sp³-hybridized carbons (Fsp3) is 0.400. The number of hydrogen-bond acceptors (Lipinski definition) is 14. The molecule has 23 heteroatoms. The van der Waals surface area contributed by atoms with Crippen LogP contribution < -0.4 is 30.1 Å². The van der Waals surface area contributed by atoms with Crippen LogP contribution in [0.25, 0.3) is 11.1 Å². The van der Waals surface area contributed by atoms with E-state index in [2.05, 4.69) is 41.3 Å². The Hall–Kier alpha value is -3.46. The van der Waals surface area contributed by atoms with E-state index in [0.29, 0.717) is 68.6 Å². The van der Waals surface area contributed by atoms with Crippen LogP contribution in [0.2, 0.25) is 0 Å². The van der Waals surface area contributed by atoms with Crippen molar-refractivity contribution in [2.45, 2.75) is 128 Å². The predicted octanol–water partition coefficient (Wildman–Crippen LogP) is 6.98. The molecule has 5 aromatic carbocycles. The lowest BCUT2D eigenvalue weighted by atomic mass is 9.80. The molecule has 0 aromatic heterocycles. The van der Waals surface area contributed by atoms with Gasteiger partial charge in [-0.15, -0.1) is 0 Å². The molecule has 0 spiro atoms. The van der Waals surface area contributed by atoms with Crippen molar-refractivity contribution in [2.24, 2.45) is 5.73 Å². The zero-order chi connectivity index (χ0) is 53.8. The minimum absolute atomic E-state index is 0.0604. The van der Waals surface area contributed by atoms with Crippen LogP contribution in [0, 0.1) is 0 Å². The van der Waals surface area contributed by atoms with Gasteiger partial charge in [0.2, 0.25) is 20.0 Å². The van der Waals surface area contributed by atoms with Gasteiger partial charge < -0.3 is 40.6 Å². The van der Waals surface area contributed by atoms with Crippen molar-refractivity contribution in [3.8, 4) is 22.6 Å². The number of aliphatic hydroxyl groups is 3. The molecular weight excluding hydrogens is 1150 g/mol. The second kappa shape index (κ2) is 30.3. The van der Waals surface area contributed by atoms with Crippen molar-refractivity contribution in [1.82, 2.24) is 9.44 Å². The van der Waals surface area contributed by atoms with E-state index in [0.717, 1.165) is 51.5 Å². The number of ether oxygens (including phenoxy) is 2. The lowest BCUT2D eigenvalue weighted by Gasteiger charge is -2.26. The second-order valence-corrected chi connectivity index (χ2v) is 25.4. The third-order valence-electron chi connectivity index (χ3n) is 12.0. The number of methoxy groups -OCH3 is 2. The Labute approximate surface area is 451 Å². The summed E-state index contributed by atoms with van der Waals surface area (Å²) in [5.41, 5.74) is 8.00. The van der Waals surface area contributed by atoms with Gasteiger partial charge in [0.15, 0.2) is 0 Å². The first kappa shape index (κ1) is 62.1. The molecule has 3 aliphatic carbocycles. The lowest BCUT2D eigenvalue weighted by Crippen LogP contribution is -2.38. The Morgan fingerprint density at radius 3 is 1.11 bits per heavy atom. The zero-order valence-corrected chi connectivity index (χ0v) is 46.9. The molecule has 8 rings (SSSR count). The number of hydrogen-bond donors (Lipinski definition) is 8. The summed E-state index contributed by atoms with van der Waals surface area (Å²) in [6.07, 6.45) is 8.50. The molecule has 0 amide bonds. The van der Waals surface area contributed by atoms with Gasteiger partial charge >= 0.3 is 7.12 Å². The normalized spacial score (nSPS) is 20.9. The molecule has 3 fully saturated rings. The number of halogens is 3. The number of benzene rings is 5. The van der Waals surface area contributed by atoms with E-state index >= 15 is 0 Å². The highest BCUT2D eigenvalue weighted by Crippen LogP contribution is 2.26. The molecule has 16 nitrogen and oxygen atoms in total. The van der Waals surface area contributed by atoms with Crippen LogP contribution in [0.1, 0.15) is 77.0 Å². The molecule has 73 heavy (non-hydrogen) atoms. The summed E-state index contributed by atoms with van der Waals surface area (Å²) >= 11 is 6.45. The minimum Gasteiger partial charge on any atom is -0.497 e. The van der Waals surface area contributed by atoms with Crippen molar-refractivity contribution in [3.05, 3.63) is 130 Å². The van der Waals surface area contributed by atoms with Crippen LogP contribution >= 0.6 is 42.5 Å². The highest BCUT2D eigenvalue weighted by atomic mass is 79.9. The summed E-state index contributed by atoms with van der Waals surface area (Å²) in [5.74, 6) is 1.49. The maximum Gasteiger partial charge on any atom is 0.488 e. The SMILES string of the molecule is COc1ccc(-c2ccc(S(=O)(=O)NC3CCC(O)CC3)cc2)cc1.COc1ccc(B(O)O)cc1.NC1CCC(O)CC1.O=S(=O)(Cl)c1ccc(Br)cc1.O=S(=O)(NC1CCC(O)CC1)c1ccc(Br)cc1. The molecule has 0 bridgehead atoms. The van der Waals surface area contributed by atoms with Gasteiger partial charge in [-0.05, 0) is 179 Å². The van der Waals surface area contributed by atoms with Crippen molar-refractivity contribution in [2.75, 3.05) is 14.2 Å². The van der Waals surface area contributed by atoms with Gasteiger partial charge in [0.1, 0.15) is 11.5 Å². The lowest BCUT2D eigenvalue weighted by molar-refractivity contribution is 0.120.